The number of rotatable bonds is 5. The molecule has 0 spiro atoms. The van der Waals surface area contributed by atoms with Crippen LogP contribution < -0.4 is 4.72 Å². The molecule has 0 amide bonds. The number of tetrazole rings is 1. The van der Waals surface area contributed by atoms with Gasteiger partial charge in [-0.2, -0.15) is 5.21 Å². The van der Waals surface area contributed by atoms with E-state index in [4.69, 9.17) is 0 Å². The van der Waals surface area contributed by atoms with Gasteiger partial charge in [-0.15, -0.1) is 10.2 Å². The van der Waals surface area contributed by atoms with Gasteiger partial charge in [-0.25, -0.2) is 13.1 Å². The lowest BCUT2D eigenvalue weighted by Gasteiger charge is -2.31. The summed E-state index contributed by atoms with van der Waals surface area (Å²) in [5.41, 5.74) is -0.547. The molecular formula is C8H17N5O2S. The molecule has 2 N–H and O–H groups in total. The number of H-pyrrole nitrogens is 1. The summed E-state index contributed by atoms with van der Waals surface area (Å²) in [5, 5.41) is 13.5. The van der Waals surface area contributed by atoms with Crippen molar-refractivity contribution in [3.63, 3.8) is 0 Å². The topological polar surface area (TPSA) is 101 Å². The van der Waals surface area contributed by atoms with Crippen molar-refractivity contribution in [2.75, 3.05) is 6.26 Å². The number of hydrogen-bond acceptors (Lipinski definition) is 5. The smallest absolute Gasteiger partial charge is 0.209 e. The van der Waals surface area contributed by atoms with E-state index in [2.05, 4.69) is 25.3 Å². The van der Waals surface area contributed by atoms with E-state index in [0.717, 1.165) is 6.26 Å². The average molecular weight is 247 g/mol. The van der Waals surface area contributed by atoms with Crippen LogP contribution >= 0.6 is 0 Å². The Bertz CT molecular complexity index is 425. The fourth-order valence-electron chi connectivity index (χ4n) is 1.38. The van der Waals surface area contributed by atoms with E-state index in [9.17, 15) is 8.42 Å². The van der Waals surface area contributed by atoms with Crippen molar-refractivity contribution in [1.82, 2.24) is 25.3 Å². The van der Waals surface area contributed by atoms with E-state index >= 15 is 0 Å². The van der Waals surface area contributed by atoms with Gasteiger partial charge in [0.1, 0.15) is 0 Å². The summed E-state index contributed by atoms with van der Waals surface area (Å²) in [4.78, 5) is 0. The van der Waals surface area contributed by atoms with E-state index in [0.29, 0.717) is 12.2 Å². The van der Waals surface area contributed by atoms with Crippen LogP contribution in [0.3, 0.4) is 0 Å². The Morgan fingerprint density at radius 2 is 2.12 bits per heavy atom. The molecule has 0 aliphatic heterocycles. The van der Waals surface area contributed by atoms with Gasteiger partial charge in [0.15, 0.2) is 5.82 Å². The zero-order valence-corrected chi connectivity index (χ0v) is 10.7. The van der Waals surface area contributed by atoms with Crippen LogP contribution in [0.1, 0.15) is 26.6 Å². The highest BCUT2D eigenvalue weighted by atomic mass is 32.2. The molecule has 0 radical (unpaired) electrons. The molecule has 92 valence electrons. The van der Waals surface area contributed by atoms with Gasteiger partial charge in [0.25, 0.3) is 0 Å². The Morgan fingerprint density at radius 1 is 1.50 bits per heavy atom. The highest BCUT2D eigenvalue weighted by Gasteiger charge is 2.29. The third-order valence-corrected chi connectivity index (χ3v) is 3.46. The summed E-state index contributed by atoms with van der Waals surface area (Å²) in [6.45, 7) is 5.60. The molecule has 16 heavy (non-hydrogen) atoms. The molecule has 1 aromatic rings. The molecular weight excluding hydrogens is 230 g/mol. The van der Waals surface area contributed by atoms with Crippen LogP contribution in [0.15, 0.2) is 0 Å². The molecule has 1 heterocycles. The van der Waals surface area contributed by atoms with Crippen molar-refractivity contribution in [1.29, 1.82) is 0 Å². The number of nitrogens with one attached hydrogen (secondary N) is 2. The standard InChI is InChI=1S/C8H17N5O2S/c1-6(5-7-9-12-13-10-7)8(2,3)11-16(4,14)15/h6,11H,5H2,1-4H3,(H,9,10,12,13). The molecule has 1 atom stereocenters. The summed E-state index contributed by atoms with van der Waals surface area (Å²) in [7, 11) is -3.22. The largest absolute Gasteiger partial charge is 0.213 e. The molecule has 0 saturated carbocycles. The first-order chi connectivity index (χ1) is 7.21. The Labute approximate surface area is 95.1 Å². The zero-order valence-electron chi connectivity index (χ0n) is 9.85. The molecule has 0 bridgehead atoms. The maximum absolute atomic E-state index is 11.2. The summed E-state index contributed by atoms with van der Waals surface area (Å²) in [6, 6.07) is 0. The van der Waals surface area contributed by atoms with E-state index < -0.39 is 15.6 Å². The van der Waals surface area contributed by atoms with Crippen molar-refractivity contribution in [3.8, 4) is 0 Å². The van der Waals surface area contributed by atoms with Gasteiger partial charge in [0, 0.05) is 12.0 Å². The predicted octanol–water partition coefficient (Wildman–Crippen LogP) is -0.294. The minimum atomic E-state index is -3.22. The second kappa shape index (κ2) is 4.46. The van der Waals surface area contributed by atoms with Gasteiger partial charge in [-0.1, -0.05) is 12.1 Å². The van der Waals surface area contributed by atoms with Crippen molar-refractivity contribution in [3.05, 3.63) is 5.82 Å². The molecule has 7 nitrogen and oxygen atoms in total. The van der Waals surface area contributed by atoms with Gasteiger partial charge in [0.05, 0.1) is 6.26 Å². The Morgan fingerprint density at radius 3 is 2.56 bits per heavy atom. The van der Waals surface area contributed by atoms with Crippen molar-refractivity contribution < 1.29 is 8.42 Å². The molecule has 1 unspecified atom stereocenters. The lowest BCUT2D eigenvalue weighted by molar-refractivity contribution is 0.308. The third-order valence-electron chi connectivity index (χ3n) is 2.56. The van der Waals surface area contributed by atoms with Crippen LogP contribution in [0.25, 0.3) is 0 Å². The first kappa shape index (κ1) is 13.0. The highest BCUT2D eigenvalue weighted by Crippen LogP contribution is 2.20. The second-order valence-electron chi connectivity index (χ2n) is 4.53. The Hall–Kier alpha value is -1.02. The minimum Gasteiger partial charge on any atom is -0.213 e. The van der Waals surface area contributed by atoms with Crippen molar-refractivity contribution in [2.45, 2.75) is 32.7 Å². The van der Waals surface area contributed by atoms with E-state index in [1.807, 2.05) is 20.8 Å². The lowest BCUT2D eigenvalue weighted by Crippen LogP contribution is -2.48. The van der Waals surface area contributed by atoms with E-state index in [-0.39, 0.29) is 5.92 Å². The summed E-state index contributed by atoms with van der Waals surface area (Å²) >= 11 is 0. The molecule has 1 rings (SSSR count). The molecule has 0 aliphatic carbocycles. The lowest BCUT2D eigenvalue weighted by atomic mass is 9.87. The van der Waals surface area contributed by atoms with Crippen LogP contribution in [0.4, 0.5) is 0 Å². The zero-order chi connectivity index (χ0) is 12.4. The molecule has 0 saturated heterocycles. The van der Waals surface area contributed by atoms with Gasteiger partial charge in [-0.05, 0) is 19.8 Å². The van der Waals surface area contributed by atoms with Crippen LogP contribution in [0.5, 0.6) is 0 Å². The maximum Gasteiger partial charge on any atom is 0.209 e. The number of aromatic amines is 1. The summed E-state index contributed by atoms with van der Waals surface area (Å²) in [5.74, 6) is 0.635. The SMILES string of the molecule is CC(Cc1nn[nH]n1)C(C)(C)NS(C)(=O)=O. The quantitative estimate of drug-likeness (QED) is 0.744. The Balaban J connectivity index is 2.68. The normalized spacial score (nSPS) is 15.0. The molecule has 8 heteroatoms. The van der Waals surface area contributed by atoms with Gasteiger partial charge >= 0.3 is 0 Å². The van der Waals surface area contributed by atoms with Crippen LogP contribution in [0.2, 0.25) is 0 Å². The molecule has 0 aliphatic rings. The fourth-order valence-corrected chi connectivity index (χ4v) is 2.53. The molecule has 0 aromatic carbocycles. The van der Waals surface area contributed by atoms with Gasteiger partial charge in [0.2, 0.25) is 10.0 Å². The van der Waals surface area contributed by atoms with Crippen LogP contribution in [-0.4, -0.2) is 40.8 Å². The summed E-state index contributed by atoms with van der Waals surface area (Å²) < 4.78 is 25.0. The highest BCUT2D eigenvalue weighted by molar-refractivity contribution is 7.88. The predicted molar refractivity (Wildman–Crippen MR) is 59.1 cm³/mol. The average Bonchev–Trinajstić information content (AvgIpc) is 2.51. The number of hydrogen-bond donors (Lipinski definition) is 2. The second-order valence-corrected chi connectivity index (χ2v) is 6.28. The van der Waals surface area contributed by atoms with E-state index in [1.54, 1.807) is 0 Å². The first-order valence-electron chi connectivity index (χ1n) is 4.92. The number of nitrogens with zero attached hydrogens (tertiary/aromatic N) is 3. The van der Waals surface area contributed by atoms with Crippen molar-refractivity contribution >= 4 is 10.0 Å². The van der Waals surface area contributed by atoms with Crippen molar-refractivity contribution in [2.24, 2.45) is 5.92 Å². The monoisotopic (exact) mass is 247 g/mol. The maximum atomic E-state index is 11.2. The number of sulfonamides is 1. The fraction of sp³-hybridized carbons (Fsp3) is 0.875. The number of aromatic nitrogens is 4. The van der Waals surface area contributed by atoms with Crippen LogP contribution in [-0.2, 0) is 16.4 Å². The van der Waals surface area contributed by atoms with Gasteiger partial charge < -0.3 is 0 Å². The van der Waals surface area contributed by atoms with Gasteiger partial charge in [-0.3, -0.25) is 0 Å². The molecule has 0 fully saturated rings. The van der Waals surface area contributed by atoms with Crippen LogP contribution in [0, 0.1) is 5.92 Å². The van der Waals surface area contributed by atoms with E-state index in [1.165, 1.54) is 0 Å². The first-order valence-corrected chi connectivity index (χ1v) is 6.81. The molecule has 1 aromatic heterocycles. The summed E-state index contributed by atoms with van der Waals surface area (Å²) in [6.07, 6.45) is 1.71. The minimum absolute atomic E-state index is 0.0554. The third kappa shape index (κ3) is 3.86. The Kier molecular flexibility index (Phi) is 3.64.